The highest BCUT2D eigenvalue weighted by Crippen LogP contribution is 2.15. The number of carbonyl (C=O) groups is 1. The Labute approximate surface area is 95.2 Å². The van der Waals surface area contributed by atoms with Crippen LogP contribution in [-0.4, -0.2) is 23.7 Å². The summed E-state index contributed by atoms with van der Waals surface area (Å²) in [6, 6.07) is 7.03. The van der Waals surface area contributed by atoms with Gasteiger partial charge < -0.3 is 15.2 Å². The SMILES string of the molecule is CCOc1ccc(NC(=O)C(O)CC)cc1. The van der Waals surface area contributed by atoms with Crippen LogP contribution >= 0.6 is 0 Å². The molecular weight excluding hydrogens is 206 g/mol. The quantitative estimate of drug-likeness (QED) is 0.800. The number of amides is 1. The van der Waals surface area contributed by atoms with Gasteiger partial charge in [0.15, 0.2) is 0 Å². The van der Waals surface area contributed by atoms with Gasteiger partial charge in [-0.05, 0) is 37.6 Å². The summed E-state index contributed by atoms with van der Waals surface area (Å²) in [5.41, 5.74) is 0.654. The number of aliphatic hydroxyl groups excluding tert-OH is 1. The van der Waals surface area contributed by atoms with Crippen LogP contribution in [0.2, 0.25) is 0 Å². The van der Waals surface area contributed by atoms with Gasteiger partial charge in [-0.2, -0.15) is 0 Å². The third-order valence-corrected chi connectivity index (χ3v) is 2.12. The van der Waals surface area contributed by atoms with E-state index in [9.17, 15) is 9.90 Å². The van der Waals surface area contributed by atoms with Crippen LogP contribution in [-0.2, 0) is 4.79 Å². The van der Waals surface area contributed by atoms with E-state index >= 15 is 0 Å². The highest BCUT2D eigenvalue weighted by atomic mass is 16.5. The molecule has 1 atom stereocenters. The maximum Gasteiger partial charge on any atom is 0.253 e. The fourth-order valence-corrected chi connectivity index (χ4v) is 1.21. The minimum Gasteiger partial charge on any atom is -0.494 e. The number of ether oxygens (including phenoxy) is 1. The molecule has 1 aromatic rings. The summed E-state index contributed by atoms with van der Waals surface area (Å²) in [6.45, 7) is 4.27. The third-order valence-electron chi connectivity index (χ3n) is 2.12. The van der Waals surface area contributed by atoms with Crippen molar-refractivity contribution < 1.29 is 14.6 Å². The van der Waals surface area contributed by atoms with Gasteiger partial charge in [-0.1, -0.05) is 6.92 Å². The average molecular weight is 223 g/mol. The molecule has 0 fully saturated rings. The first kappa shape index (κ1) is 12.5. The number of anilines is 1. The van der Waals surface area contributed by atoms with Crippen molar-refractivity contribution in [3.05, 3.63) is 24.3 Å². The summed E-state index contributed by atoms with van der Waals surface area (Å²) < 4.78 is 5.27. The first-order chi connectivity index (χ1) is 7.67. The monoisotopic (exact) mass is 223 g/mol. The van der Waals surface area contributed by atoms with Crippen molar-refractivity contribution in [3.63, 3.8) is 0 Å². The van der Waals surface area contributed by atoms with Crippen molar-refractivity contribution in [1.29, 1.82) is 0 Å². The van der Waals surface area contributed by atoms with Gasteiger partial charge in [-0.3, -0.25) is 4.79 Å². The summed E-state index contributed by atoms with van der Waals surface area (Å²) >= 11 is 0. The molecule has 0 aliphatic heterocycles. The van der Waals surface area contributed by atoms with Gasteiger partial charge in [0.05, 0.1) is 6.61 Å². The second kappa shape index (κ2) is 6.12. The lowest BCUT2D eigenvalue weighted by atomic mass is 10.2. The Morgan fingerprint density at radius 2 is 2.00 bits per heavy atom. The van der Waals surface area contributed by atoms with Crippen LogP contribution in [0.25, 0.3) is 0 Å². The summed E-state index contributed by atoms with van der Waals surface area (Å²) in [6.07, 6.45) is -0.547. The standard InChI is InChI=1S/C12H17NO3/c1-3-11(14)12(15)13-9-5-7-10(8-6-9)16-4-2/h5-8,11,14H,3-4H2,1-2H3,(H,13,15). The van der Waals surface area contributed by atoms with E-state index in [1.54, 1.807) is 31.2 Å². The predicted octanol–water partition coefficient (Wildman–Crippen LogP) is 1.79. The zero-order valence-corrected chi connectivity index (χ0v) is 9.56. The molecule has 0 bridgehead atoms. The van der Waals surface area contributed by atoms with Crippen LogP contribution in [0.4, 0.5) is 5.69 Å². The molecule has 4 nitrogen and oxygen atoms in total. The molecule has 0 saturated heterocycles. The van der Waals surface area contributed by atoms with E-state index in [0.29, 0.717) is 18.7 Å². The Bertz CT molecular complexity index is 335. The number of hydrogen-bond acceptors (Lipinski definition) is 3. The average Bonchev–Trinajstić information content (AvgIpc) is 2.31. The van der Waals surface area contributed by atoms with Crippen LogP contribution in [0, 0.1) is 0 Å². The molecule has 0 spiro atoms. The number of rotatable bonds is 5. The Morgan fingerprint density at radius 3 is 2.50 bits per heavy atom. The molecule has 88 valence electrons. The first-order valence-electron chi connectivity index (χ1n) is 5.39. The highest BCUT2D eigenvalue weighted by Gasteiger charge is 2.11. The second-order valence-corrected chi connectivity index (χ2v) is 3.37. The summed E-state index contributed by atoms with van der Waals surface area (Å²) in [5.74, 6) is 0.378. The number of aliphatic hydroxyl groups is 1. The van der Waals surface area contributed by atoms with Gasteiger partial charge in [-0.25, -0.2) is 0 Å². The van der Waals surface area contributed by atoms with Crippen molar-refractivity contribution in [2.75, 3.05) is 11.9 Å². The number of nitrogens with one attached hydrogen (secondary N) is 1. The van der Waals surface area contributed by atoms with E-state index in [1.165, 1.54) is 0 Å². The van der Waals surface area contributed by atoms with Gasteiger partial charge in [0, 0.05) is 5.69 Å². The second-order valence-electron chi connectivity index (χ2n) is 3.37. The van der Waals surface area contributed by atoms with Crippen LogP contribution in [0.1, 0.15) is 20.3 Å². The van der Waals surface area contributed by atoms with E-state index in [4.69, 9.17) is 4.74 Å². The Morgan fingerprint density at radius 1 is 1.38 bits per heavy atom. The molecule has 4 heteroatoms. The Balaban J connectivity index is 2.58. The number of hydrogen-bond donors (Lipinski definition) is 2. The molecule has 0 heterocycles. The van der Waals surface area contributed by atoms with Crippen molar-refractivity contribution >= 4 is 11.6 Å². The molecule has 0 aromatic heterocycles. The summed E-state index contributed by atoms with van der Waals surface area (Å²) in [4.78, 5) is 11.4. The van der Waals surface area contributed by atoms with E-state index < -0.39 is 6.10 Å². The molecule has 0 radical (unpaired) electrons. The molecule has 0 aliphatic rings. The van der Waals surface area contributed by atoms with Gasteiger partial charge in [-0.15, -0.1) is 0 Å². The lowest BCUT2D eigenvalue weighted by Crippen LogP contribution is -2.26. The lowest BCUT2D eigenvalue weighted by molar-refractivity contribution is -0.124. The minimum absolute atomic E-state index is 0.383. The Kier molecular flexibility index (Phi) is 4.79. The van der Waals surface area contributed by atoms with E-state index in [2.05, 4.69) is 5.32 Å². The smallest absolute Gasteiger partial charge is 0.253 e. The maximum absolute atomic E-state index is 11.4. The largest absolute Gasteiger partial charge is 0.494 e. The molecular formula is C12H17NO3. The normalized spacial score (nSPS) is 11.9. The van der Waals surface area contributed by atoms with Crippen LogP contribution in [0.5, 0.6) is 5.75 Å². The molecule has 1 amide bonds. The number of benzene rings is 1. The summed E-state index contributed by atoms with van der Waals surface area (Å²) in [7, 11) is 0. The van der Waals surface area contributed by atoms with E-state index in [0.717, 1.165) is 5.75 Å². The third kappa shape index (κ3) is 3.55. The van der Waals surface area contributed by atoms with Crippen molar-refractivity contribution in [2.24, 2.45) is 0 Å². The fraction of sp³-hybridized carbons (Fsp3) is 0.417. The highest BCUT2D eigenvalue weighted by molar-refractivity contribution is 5.93. The predicted molar refractivity (Wildman–Crippen MR) is 62.5 cm³/mol. The Hall–Kier alpha value is -1.55. The summed E-state index contributed by atoms with van der Waals surface area (Å²) in [5, 5.41) is 11.9. The number of carbonyl (C=O) groups excluding carboxylic acids is 1. The molecule has 1 aromatic carbocycles. The van der Waals surface area contributed by atoms with Gasteiger partial charge in [0.1, 0.15) is 11.9 Å². The maximum atomic E-state index is 11.4. The van der Waals surface area contributed by atoms with Crippen molar-refractivity contribution in [3.8, 4) is 5.75 Å². The van der Waals surface area contributed by atoms with Crippen LogP contribution < -0.4 is 10.1 Å². The molecule has 1 unspecified atom stereocenters. The molecule has 16 heavy (non-hydrogen) atoms. The lowest BCUT2D eigenvalue weighted by Gasteiger charge is -2.09. The zero-order valence-electron chi connectivity index (χ0n) is 9.56. The van der Waals surface area contributed by atoms with Gasteiger partial charge in [0.2, 0.25) is 0 Å². The minimum atomic E-state index is -0.952. The van der Waals surface area contributed by atoms with Crippen LogP contribution in [0.3, 0.4) is 0 Å². The molecule has 0 aliphatic carbocycles. The van der Waals surface area contributed by atoms with E-state index in [1.807, 2.05) is 6.92 Å². The zero-order chi connectivity index (χ0) is 12.0. The van der Waals surface area contributed by atoms with E-state index in [-0.39, 0.29) is 5.91 Å². The van der Waals surface area contributed by atoms with Gasteiger partial charge in [0.25, 0.3) is 5.91 Å². The van der Waals surface area contributed by atoms with Gasteiger partial charge >= 0.3 is 0 Å². The molecule has 0 saturated carbocycles. The van der Waals surface area contributed by atoms with Crippen LogP contribution in [0.15, 0.2) is 24.3 Å². The molecule has 2 N–H and O–H groups in total. The first-order valence-corrected chi connectivity index (χ1v) is 5.39. The van der Waals surface area contributed by atoms with Crippen molar-refractivity contribution in [1.82, 2.24) is 0 Å². The molecule has 1 rings (SSSR count). The topological polar surface area (TPSA) is 58.6 Å². The van der Waals surface area contributed by atoms with Crippen molar-refractivity contribution in [2.45, 2.75) is 26.4 Å². The fourth-order valence-electron chi connectivity index (χ4n) is 1.21.